The smallest absolute Gasteiger partial charge is 0.203 e. The van der Waals surface area contributed by atoms with Crippen LogP contribution in [0.2, 0.25) is 0 Å². The molecule has 2 unspecified atom stereocenters. The van der Waals surface area contributed by atoms with Crippen LogP contribution in [0, 0.1) is 6.92 Å². The van der Waals surface area contributed by atoms with Crippen molar-refractivity contribution < 1.29 is 9.47 Å². The van der Waals surface area contributed by atoms with Crippen LogP contribution in [-0.4, -0.2) is 42.5 Å². The second-order valence-corrected chi connectivity index (χ2v) is 4.62. The van der Waals surface area contributed by atoms with E-state index in [1.807, 2.05) is 20.0 Å². The van der Waals surface area contributed by atoms with Crippen LogP contribution in [0.5, 0.6) is 0 Å². The van der Waals surface area contributed by atoms with Crippen molar-refractivity contribution in [2.24, 2.45) is 0 Å². The zero-order chi connectivity index (χ0) is 13.5. The molecular formula is C13H25N3O2. The van der Waals surface area contributed by atoms with E-state index in [-0.39, 0.29) is 12.1 Å². The van der Waals surface area contributed by atoms with E-state index >= 15 is 0 Å². The van der Waals surface area contributed by atoms with Crippen LogP contribution in [-0.2, 0) is 9.47 Å². The summed E-state index contributed by atoms with van der Waals surface area (Å²) in [5.74, 6) is 0.879. The molecule has 0 aromatic carbocycles. The van der Waals surface area contributed by atoms with Crippen molar-refractivity contribution >= 4 is 5.95 Å². The number of anilines is 1. The molecule has 1 aromatic rings. The lowest BCUT2D eigenvalue weighted by Crippen LogP contribution is -2.25. The predicted octanol–water partition coefficient (Wildman–Crippen LogP) is 2.24. The molecule has 1 rings (SSSR count). The zero-order valence-corrected chi connectivity index (χ0v) is 12.1. The SMILES string of the molecule is CCOCC(C)Nc1nc(C)cn1C(C)COC. The summed E-state index contributed by atoms with van der Waals surface area (Å²) >= 11 is 0. The van der Waals surface area contributed by atoms with Gasteiger partial charge in [-0.2, -0.15) is 0 Å². The third-order valence-electron chi connectivity index (χ3n) is 2.68. The highest BCUT2D eigenvalue weighted by atomic mass is 16.5. The van der Waals surface area contributed by atoms with Gasteiger partial charge >= 0.3 is 0 Å². The Bertz CT molecular complexity index is 352. The molecule has 18 heavy (non-hydrogen) atoms. The van der Waals surface area contributed by atoms with Gasteiger partial charge in [-0.1, -0.05) is 0 Å². The van der Waals surface area contributed by atoms with Crippen molar-refractivity contribution in [3.8, 4) is 0 Å². The van der Waals surface area contributed by atoms with Crippen LogP contribution < -0.4 is 5.32 Å². The van der Waals surface area contributed by atoms with Crippen molar-refractivity contribution in [2.45, 2.75) is 39.8 Å². The first-order valence-electron chi connectivity index (χ1n) is 6.47. The Morgan fingerprint density at radius 1 is 1.39 bits per heavy atom. The van der Waals surface area contributed by atoms with E-state index in [1.54, 1.807) is 7.11 Å². The number of ether oxygens (including phenoxy) is 2. The average molecular weight is 255 g/mol. The Morgan fingerprint density at radius 2 is 2.11 bits per heavy atom. The Kier molecular flexibility index (Phi) is 6.15. The third kappa shape index (κ3) is 4.31. The lowest BCUT2D eigenvalue weighted by molar-refractivity contribution is 0.140. The number of nitrogens with zero attached hydrogens (tertiary/aromatic N) is 2. The van der Waals surface area contributed by atoms with E-state index in [2.05, 4.69) is 28.7 Å². The molecule has 0 bridgehead atoms. The van der Waals surface area contributed by atoms with E-state index in [9.17, 15) is 0 Å². The summed E-state index contributed by atoms with van der Waals surface area (Å²) in [5, 5.41) is 3.38. The van der Waals surface area contributed by atoms with Crippen LogP contribution in [0.1, 0.15) is 32.5 Å². The van der Waals surface area contributed by atoms with Crippen LogP contribution >= 0.6 is 0 Å². The molecule has 0 spiro atoms. The van der Waals surface area contributed by atoms with Crippen LogP contribution in [0.4, 0.5) is 5.95 Å². The highest BCUT2D eigenvalue weighted by Gasteiger charge is 2.13. The Labute approximate surface area is 109 Å². The number of rotatable bonds is 8. The fourth-order valence-corrected chi connectivity index (χ4v) is 1.84. The minimum atomic E-state index is 0.236. The summed E-state index contributed by atoms with van der Waals surface area (Å²) in [6.07, 6.45) is 2.04. The third-order valence-corrected chi connectivity index (χ3v) is 2.68. The van der Waals surface area contributed by atoms with E-state index in [0.29, 0.717) is 13.2 Å². The summed E-state index contributed by atoms with van der Waals surface area (Å²) in [4.78, 5) is 4.50. The number of aromatic nitrogens is 2. The summed E-state index contributed by atoms with van der Waals surface area (Å²) in [6, 6.07) is 0.498. The molecular weight excluding hydrogens is 230 g/mol. The van der Waals surface area contributed by atoms with Gasteiger partial charge in [0.25, 0.3) is 0 Å². The highest BCUT2D eigenvalue weighted by molar-refractivity contribution is 5.30. The Balaban J connectivity index is 2.69. The minimum absolute atomic E-state index is 0.236. The predicted molar refractivity (Wildman–Crippen MR) is 73.1 cm³/mol. The normalized spacial score (nSPS) is 14.5. The second kappa shape index (κ2) is 7.38. The Morgan fingerprint density at radius 3 is 2.72 bits per heavy atom. The largest absolute Gasteiger partial charge is 0.383 e. The van der Waals surface area contributed by atoms with Gasteiger partial charge in [0.15, 0.2) is 0 Å². The topological polar surface area (TPSA) is 48.3 Å². The number of hydrogen-bond donors (Lipinski definition) is 1. The highest BCUT2D eigenvalue weighted by Crippen LogP contribution is 2.17. The number of imidazole rings is 1. The maximum absolute atomic E-state index is 5.40. The van der Waals surface area contributed by atoms with E-state index < -0.39 is 0 Å². The van der Waals surface area contributed by atoms with Gasteiger partial charge in [-0.3, -0.25) is 0 Å². The minimum Gasteiger partial charge on any atom is -0.383 e. The van der Waals surface area contributed by atoms with Crippen LogP contribution in [0.25, 0.3) is 0 Å². The molecule has 2 atom stereocenters. The Hall–Kier alpha value is -1.07. The number of nitrogens with one attached hydrogen (secondary N) is 1. The first-order chi connectivity index (χ1) is 8.58. The quantitative estimate of drug-likeness (QED) is 0.774. The molecule has 0 aliphatic carbocycles. The molecule has 0 radical (unpaired) electrons. The molecule has 5 nitrogen and oxygen atoms in total. The van der Waals surface area contributed by atoms with Crippen LogP contribution in [0.15, 0.2) is 6.20 Å². The summed E-state index contributed by atoms with van der Waals surface area (Å²) in [7, 11) is 1.71. The molecule has 0 fully saturated rings. The average Bonchev–Trinajstić information content (AvgIpc) is 2.68. The standard InChI is InChI=1S/C13H25N3O2/c1-6-18-8-11(3)15-13-14-10(2)7-16(13)12(4)9-17-5/h7,11-12H,6,8-9H2,1-5H3,(H,14,15). The lowest BCUT2D eigenvalue weighted by atomic mass is 10.3. The van der Waals surface area contributed by atoms with Gasteiger partial charge in [0.2, 0.25) is 5.95 Å². The van der Waals surface area contributed by atoms with Gasteiger partial charge < -0.3 is 19.4 Å². The number of methoxy groups -OCH3 is 1. The van der Waals surface area contributed by atoms with Crippen molar-refractivity contribution in [3.63, 3.8) is 0 Å². The first-order valence-corrected chi connectivity index (χ1v) is 6.47. The second-order valence-electron chi connectivity index (χ2n) is 4.62. The molecule has 104 valence electrons. The number of hydrogen-bond acceptors (Lipinski definition) is 4. The molecule has 1 N–H and O–H groups in total. The summed E-state index contributed by atoms with van der Waals surface area (Å²) in [6.45, 7) is 10.3. The summed E-state index contributed by atoms with van der Waals surface area (Å²) < 4.78 is 12.7. The van der Waals surface area contributed by atoms with Crippen molar-refractivity contribution in [1.82, 2.24) is 9.55 Å². The van der Waals surface area contributed by atoms with E-state index in [1.165, 1.54) is 0 Å². The van der Waals surface area contributed by atoms with Crippen molar-refractivity contribution in [1.29, 1.82) is 0 Å². The maximum Gasteiger partial charge on any atom is 0.203 e. The molecule has 0 aliphatic heterocycles. The fourth-order valence-electron chi connectivity index (χ4n) is 1.84. The zero-order valence-electron chi connectivity index (χ0n) is 12.1. The molecule has 0 saturated carbocycles. The lowest BCUT2D eigenvalue weighted by Gasteiger charge is -2.19. The number of aryl methyl sites for hydroxylation is 1. The van der Waals surface area contributed by atoms with Gasteiger partial charge in [0.1, 0.15) is 0 Å². The molecule has 0 aliphatic rings. The monoisotopic (exact) mass is 255 g/mol. The van der Waals surface area contributed by atoms with E-state index in [4.69, 9.17) is 9.47 Å². The molecule has 5 heteroatoms. The van der Waals surface area contributed by atoms with Crippen molar-refractivity contribution in [3.05, 3.63) is 11.9 Å². The maximum atomic E-state index is 5.40. The van der Waals surface area contributed by atoms with Gasteiger partial charge in [-0.25, -0.2) is 4.98 Å². The summed E-state index contributed by atoms with van der Waals surface area (Å²) in [5.41, 5.74) is 1.00. The fraction of sp³-hybridized carbons (Fsp3) is 0.769. The van der Waals surface area contributed by atoms with Gasteiger partial charge in [0, 0.05) is 26.0 Å². The van der Waals surface area contributed by atoms with Gasteiger partial charge in [0.05, 0.1) is 24.9 Å². The van der Waals surface area contributed by atoms with E-state index in [0.717, 1.165) is 18.2 Å². The molecule has 1 aromatic heterocycles. The van der Waals surface area contributed by atoms with Crippen molar-refractivity contribution in [2.75, 3.05) is 32.2 Å². The molecule has 0 amide bonds. The first kappa shape index (κ1) is 15.0. The van der Waals surface area contributed by atoms with Gasteiger partial charge in [-0.05, 0) is 27.7 Å². The molecule has 0 saturated heterocycles. The molecule has 1 heterocycles. The van der Waals surface area contributed by atoms with Gasteiger partial charge in [-0.15, -0.1) is 0 Å². The van der Waals surface area contributed by atoms with Crippen LogP contribution in [0.3, 0.4) is 0 Å².